The molecule has 3 rings (SSSR count). The first-order valence-corrected chi connectivity index (χ1v) is 11.1. The van der Waals surface area contributed by atoms with E-state index in [1.165, 1.54) is 18.2 Å². The molecule has 1 heterocycles. The van der Waals surface area contributed by atoms with Gasteiger partial charge in [-0.3, -0.25) is 4.79 Å². The summed E-state index contributed by atoms with van der Waals surface area (Å²) in [4.78, 5) is 24.0. The van der Waals surface area contributed by atoms with E-state index in [0.717, 1.165) is 5.56 Å². The number of amides is 1. The molecule has 3 aromatic rings. The Morgan fingerprint density at radius 1 is 1.03 bits per heavy atom. The van der Waals surface area contributed by atoms with Gasteiger partial charge in [-0.15, -0.1) is 0 Å². The molecule has 0 aliphatic rings. The lowest BCUT2D eigenvalue weighted by molar-refractivity contribution is -0.124. The van der Waals surface area contributed by atoms with Crippen molar-refractivity contribution in [3.63, 3.8) is 0 Å². The normalized spacial score (nSPS) is 11.2. The van der Waals surface area contributed by atoms with E-state index in [0.29, 0.717) is 22.8 Å². The van der Waals surface area contributed by atoms with Gasteiger partial charge in [-0.1, -0.05) is 35.9 Å². The summed E-state index contributed by atoms with van der Waals surface area (Å²) >= 11 is 6.11. The molecule has 0 aliphatic carbocycles. The number of esters is 1. The number of ether oxygens (including phenoxy) is 1. The quantitative estimate of drug-likeness (QED) is 0.495. The van der Waals surface area contributed by atoms with Gasteiger partial charge in [-0.05, 0) is 48.4 Å². The number of benzene rings is 2. The van der Waals surface area contributed by atoms with Crippen LogP contribution < -0.4 is 10.5 Å². The highest BCUT2D eigenvalue weighted by molar-refractivity contribution is 7.89. The maximum absolute atomic E-state index is 12.1. The molecular weight excluding hydrogens is 444 g/mol. The van der Waals surface area contributed by atoms with Crippen LogP contribution in [0.4, 0.5) is 0 Å². The summed E-state index contributed by atoms with van der Waals surface area (Å²) < 4.78 is 32.9. The minimum atomic E-state index is -3.74. The van der Waals surface area contributed by atoms with Crippen LogP contribution in [0.25, 0.3) is 11.3 Å². The van der Waals surface area contributed by atoms with Crippen LogP contribution in [0, 0.1) is 0 Å². The van der Waals surface area contributed by atoms with Crippen molar-refractivity contribution in [1.29, 1.82) is 0 Å². The molecule has 0 fully saturated rings. The SMILES string of the molecule is NS(=O)(=O)c1ccc(CCNC(=O)COC(=O)c2ccc(-c3ccccc3Cl)o2)cc1. The van der Waals surface area contributed by atoms with Crippen LogP contribution in [-0.2, 0) is 26.0 Å². The van der Waals surface area contributed by atoms with Crippen molar-refractivity contribution < 1.29 is 27.2 Å². The fourth-order valence-electron chi connectivity index (χ4n) is 2.70. The molecule has 0 spiro atoms. The van der Waals surface area contributed by atoms with E-state index in [2.05, 4.69) is 5.32 Å². The standard InChI is InChI=1S/C21H19ClN2O6S/c22-17-4-2-1-3-16(17)18-9-10-19(30-18)21(26)29-13-20(25)24-12-11-14-5-7-15(8-6-14)31(23,27)28/h1-10H,11-13H2,(H,24,25)(H2,23,27,28). The smallest absolute Gasteiger partial charge is 0.374 e. The zero-order chi connectivity index (χ0) is 22.4. The maximum Gasteiger partial charge on any atom is 0.374 e. The Morgan fingerprint density at radius 2 is 1.74 bits per heavy atom. The zero-order valence-corrected chi connectivity index (χ0v) is 17.8. The lowest BCUT2D eigenvalue weighted by Crippen LogP contribution is -2.30. The Bertz CT molecular complexity index is 1190. The molecule has 0 bridgehead atoms. The number of nitrogens with two attached hydrogens (primary N) is 1. The van der Waals surface area contributed by atoms with Crippen LogP contribution in [0.2, 0.25) is 5.02 Å². The highest BCUT2D eigenvalue weighted by atomic mass is 35.5. The molecule has 162 valence electrons. The topological polar surface area (TPSA) is 129 Å². The number of halogens is 1. The van der Waals surface area contributed by atoms with Crippen LogP contribution in [0.1, 0.15) is 16.1 Å². The summed E-state index contributed by atoms with van der Waals surface area (Å²) in [5.74, 6) is -0.882. The lowest BCUT2D eigenvalue weighted by Gasteiger charge is -2.06. The molecular formula is C21H19ClN2O6S. The number of furan rings is 1. The summed E-state index contributed by atoms with van der Waals surface area (Å²) in [7, 11) is -3.74. The van der Waals surface area contributed by atoms with Gasteiger partial charge in [0.05, 0.1) is 9.92 Å². The van der Waals surface area contributed by atoms with Crippen molar-refractivity contribution >= 4 is 33.5 Å². The third kappa shape index (κ3) is 6.17. The number of carbonyl (C=O) groups is 2. The molecule has 0 saturated heterocycles. The average molecular weight is 463 g/mol. The van der Waals surface area contributed by atoms with E-state index >= 15 is 0 Å². The molecule has 8 nitrogen and oxygen atoms in total. The van der Waals surface area contributed by atoms with E-state index in [1.54, 1.807) is 42.5 Å². The van der Waals surface area contributed by atoms with Gasteiger partial charge in [0.25, 0.3) is 5.91 Å². The largest absolute Gasteiger partial charge is 0.450 e. The van der Waals surface area contributed by atoms with E-state index in [9.17, 15) is 18.0 Å². The fourth-order valence-corrected chi connectivity index (χ4v) is 3.44. The highest BCUT2D eigenvalue weighted by Gasteiger charge is 2.16. The van der Waals surface area contributed by atoms with Gasteiger partial charge >= 0.3 is 5.97 Å². The average Bonchev–Trinajstić information content (AvgIpc) is 3.22. The molecule has 1 amide bonds. The molecule has 31 heavy (non-hydrogen) atoms. The van der Waals surface area contributed by atoms with E-state index in [4.69, 9.17) is 25.9 Å². The van der Waals surface area contributed by atoms with Gasteiger partial charge in [-0.2, -0.15) is 0 Å². The third-order valence-electron chi connectivity index (χ3n) is 4.27. The first kappa shape index (κ1) is 22.5. The van der Waals surface area contributed by atoms with E-state index in [1.807, 2.05) is 0 Å². The minimum Gasteiger partial charge on any atom is -0.450 e. The number of primary sulfonamides is 1. The summed E-state index contributed by atoms with van der Waals surface area (Å²) in [6.07, 6.45) is 0.462. The van der Waals surface area contributed by atoms with Crippen molar-refractivity contribution in [2.75, 3.05) is 13.2 Å². The van der Waals surface area contributed by atoms with E-state index in [-0.39, 0.29) is 17.2 Å². The molecule has 2 aromatic carbocycles. The highest BCUT2D eigenvalue weighted by Crippen LogP contribution is 2.29. The van der Waals surface area contributed by atoms with Gasteiger partial charge < -0.3 is 14.5 Å². The van der Waals surface area contributed by atoms with Gasteiger partial charge in [-0.25, -0.2) is 18.4 Å². The molecule has 0 atom stereocenters. The van der Waals surface area contributed by atoms with Gasteiger partial charge in [0.15, 0.2) is 6.61 Å². The molecule has 3 N–H and O–H groups in total. The monoisotopic (exact) mass is 462 g/mol. The summed E-state index contributed by atoms with van der Waals surface area (Å²) in [5.41, 5.74) is 1.45. The second-order valence-electron chi connectivity index (χ2n) is 6.51. The number of rotatable bonds is 8. The number of hydrogen-bond acceptors (Lipinski definition) is 6. The second kappa shape index (κ2) is 9.78. The Morgan fingerprint density at radius 3 is 2.42 bits per heavy atom. The van der Waals surface area contributed by atoms with Crippen LogP contribution in [-0.4, -0.2) is 33.4 Å². The summed E-state index contributed by atoms with van der Waals surface area (Å²) in [5, 5.41) is 8.14. The first-order chi connectivity index (χ1) is 14.7. The number of sulfonamides is 1. The van der Waals surface area contributed by atoms with Crippen molar-refractivity contribution in [3.05, 3.63) is 77.0 Å². The van der Waals surface area contributed by atoms with Crippen LogP contribution in [0.3, 0.4) is 0 Å². The molecule has 1 aromatic heterocycles. The Balaban J connectivity index is 1.45. The van der Waals surface area contributed by atoms with Crippen molar-refractivity contribution in [1.82, 2.24) is 5.32 Å². The minimum absolute atomic E-state index is 0.0165. The number of carbonyl (C=O) groups excluding carboxylic acids is 2. The predicted octanol–water partition coefficient (Wildman–Crippen LogP) is 2.76. The zero-order valence-electron chi connectivity index (χ0n) is 16.2. The molecule has 0 aliphatic heterocycles. The first-order valence-electron chi connectivity index (χ1n) is 9.14. The van der Waals surface area contributed by atoms with Crippen molar-refractivity contribution in [3.8, 4) is 11.3 Å². The second-order valence-corrected chi connectivity index (χ2v) is 8.48. The molecule has 0 radical (unpaired) electrons. The van der Waals surface area contributed by atoms with Crippen LogP contribution >= 0.6 is 11.6 Å². The molecule has 0 unspecified atom stereocenters. The number of nitrogens with one attached hydrogen (secondary N) is 1. The third-order valence-corrected chi connectivity index (χ3v) is 5.53. The summed E-state index contributed by atoms with van der Waals surface area (Å²) in [6, 6.07) is 16.1. The van der Waals surface area contributed by atoms with E-state index < -0.39 is 28.5 Å². The Hall–Kier alpha value is -3.14. The Labute approximate surface area is 184 Å². The van der Waals surface area contributed by atoms with Gasteiger partial charge in [0, 0.05) is 12.1 Å². The fraction of sp³-hybridized carbons (Fsp3) is 0.143. The van der Waals surface area contributed by atoms with Crippen LogP contribution in [0.15, 0.2) is 70.0 Å². The van der Waals surface area contributed by atoms with Gasteiger partial charge in [0.2, 0.25) is 15.8 Å². The summed E-state index contributed by atoms with van der Waals surface area (Å²) in [6.45, 7) is -0.187. The Kier molecular flexibility index (Phi) is 7.11. The molecule has 0 saturated carbocycles. The van der Waals surface area contributed by atoms with Crippen molar-refractivity contribution in [2.45, 2.75) is 11.3 Å². The maximum atomic E-state index is 12.1. The van der Waals surface area contributed by atoms with Gasteiger partial charge in [0.1, 0.15) is 5.76 Å². The van der Waals surface area contributed by atoms with Crippen molar-refractivity contribution in [2.24, 2.45) is 5.14 Å². The lowest BCUT2D eigenvalue weighted by atomic mass is 10.1. The molecule has 10 heteroatoms. The number of hydrogen-bond donors (Lipinski definition) is 2. The van der Waals surface area contributed by atoms with Crippen LogP contribution in [0.5, 0.6) is 0 Å². The predicted molar refractivity (Wildman–Crippen MR) is 114 cm³/mol.